The zero-order valence-electron chi connectivity index (χ0n) is 27.8. The fourth-order valence-corrected chi connectivity index (χ4v) is 14.9. The first-order chi connectivity index (χ1) is 23.3. The van der Waals surface area contributed by atoms with Crippen LogP contribution in [0.3, 0.4) is 0 Å². The highest BCUT2D eigenvalue weighted by atomic mass is 79.9. The summed E-state index contributed by atoms with van der Waals surface area (Å²) >= 11 is 0. The topological polar surface area (TPSA) is 0 Å². The summed E-state index contributed by atoms with van der Waals surface area (Å²) in [6, 6.07) is 77.0. The van der Waals surface area contributed by atoms with Crippen molar-refractivity contribution in [3.8, 4) is 0 Å². The Kier molecular flexibility index (Phi) is 14.6. The molecule has 0 spiro atoms. The highest BCUT2D eigenvalue weighted by Gasteiger charge is 2.45. The second-order valence-corrected chi connectivity index (χ2v) is 18.9. The van der Waals surface area contributed by atoms with Crippen LogP contribution >= 0.6 is 14.5 Å². The Labute approximate surface area is 311 Å². The minimum Gasteiger partial charge on any atom is -1.00 e. The highest BCUT2D eigenvalue weighted by molar-refractivity contribution is 7.96. The van der Waals surface area contributed by atoms with Crippen LogP contribution in [0.2, 0.25) is 0 Å². The van der Waals surface area contributed by atoms with Gasteiger partial charge in [0.15, 0.2) is 0 Å². The van der Waals surface area contributed by atoms with E-state index in [0.29, 0.717) is 0 Å². The molecule has 0 amide bonds. The van der Waals surface area contributed by atoms with Crippen molar-refractivity contribution in [2.45, 2.75) is 13.1 Å². The number of hydrogen-bond donors (Lipinski definition) is 0. The molecule has 7 aromatic carbocycles. The third-order valence-electron chi connectivity index (χ3n) is 8.92. The zero-order valence-corrected chi connectivity index (χ0v) is 31.9. The Morgan fingerprint density at radius 3 is 0.735 bits per heavy atom. The van der Waals surface area contributed by atoms with Crippen LogP contribution in [0.4, 0.5) is 0 Å². The van der Waals surface area contributed by atoms with E-state index in [1.54, 1.807) is 0 Å². The number of benzene rings is 7. The predicted molar refractivity (Wildman–Crippen MR) is 211 cm³/mol. The molecule has 246 valence electrons. The fourth-order valence-electron chi connectivity index (χ4n) is 6.67. The van der Waals surface area contributed by atoms with E-state index >= 15 is 0 Å². The van der Waals surface area contributed by atoms with Crippen LogP contribution in [-0.2, 0) is 6.16 Å². The molecule has 7 aromatic rings. The van der Waals surface area contributed by atoms with Gasteiger partial charge in [0.1, 0.15) is 46.4 Å². The third kappa shape index (κ3) is 8.49. The van der Waals surface area contributed by atoms with E-state index in [1.165, 1.54) is 37.4 Å². The monoisotopic (exact) mass is 758 g/mol. The van der Waals surface area contributed by atoms with E-state index in [-0.39, 0.29) is 29.4 Å². The van der Waals surface area contributed by atoms with E-state index in [4.69, 9.17) is 0 Å². The Balaban J connectivity index is 0.000000217. The maximum absolute atomic E-state index is 2.32. The maximum Gasteiger partial charge on any atom is 0.116 e. The van der Waals surface area contributed by atoms with Crippen molar-refractivity contribution in [2.75, 3.05) is 6.16 Å². The molecule has 0 aliphatic heterocycles. The van der Waals surface area contributed by atoms with Gasteiger partial charge in [-0.2, -0.15) is 0 Å². The molecule has 0 atom stereocenters. The van der Waals surface area contributed by atoms with Gasteiger partial charge in [-0.15, -0.1) is 0 Å². The van der Waals surface area contributed by atoms with Crippen molar-refractivity contribution < 1.29 is 29.4 Å². The van der Waals surface area contributed by atoms with Crippen molar-refractivity contribution >= 4 is 46.4 Å². The lowest BCUT2D eigenvalue weighted by Crippen LogP contribution is -3.00. The summed E-state index contributed by atoms with van der Waals surface area (Å²) in [5.74, 6) is 0. The van der Waals surface area contributed by atoms with Gasteiger partial charge in [-0.05, 0) is 85.3 Å². The van der Waals surface area contributed by atoms with Crippen molar-refractivity contribution in [1.82, 2.24) is 0 Å². The first-order valence-corrected chi connectivity index (χ1v) is 20.4. The van der Waals surface area contributed by atoms with E-state index in [1.807, 2.05) is 0 Å². The molecule has 0 fully saturated rings. The summed E-state index contributed by atoms with van der Waals surface area (Å²) in [6.07, 6.45) is 2.18. The average Bonchev–Trinajstić information content (AvgIpc) is 3.17. The van der Waals surface area contributed by atoms with E-state index in [2.05, 4.69) is 219 Å². The van der Waals surface area contributed by atoms with Crippen LogP contribution in [0.15, 0.2) is 212 Å². The minimum atomic E-state index is -1.78. The number of hydrogen-bond acceptors (Lipinski definition) is 0. The van der Waals surface area contributed by atoms with E-state index in [0.717, 1.165) is 12.3 Å². The molecule has 49 heavy (non-hydrogen) atoms. The van der Waals surface area contributed by atoms with Crippen molar-refractivity contribution in [3.05, 3.63) is 218 Å². The first kappa shape index (κ1) is 38.0. The Hall–Kier alpha value is -3.83. The normalized spacial score (nSPS) is 10.8. The molecule has 0 bridgehead atoms. The fraction of sp³-hybridized carbons (Fsp3) is 0.0667. The summed E-state index contributed by atoms with van der Waals surface area (Å²) in [5, 5.41) is 8.68. The van der Waals surface area contributed by atoms with Crippen LogP contribution < -0.4 is 61.2 Å². The largest absolute Gasteiger partial charge is 1.00 e. The number of rotatable bonds is 9. The molecule has 0 aliphatic rings. The maximum atomic E-state index is 2.32. The summed E-state index contributed by atoms with van der Waals surface area (Å²) in [4.78, 5) is 0. The van der Waals surface area contributed by atoms with Gasteiger partial charge < -0.3 is 29.4 Å². The summed E-state index contributed by atoms with van der Waals surface area (Å²) in [5.41, 5.74) is 1.39. The second kappa shape index (κ2) is 18.8. The molecule has 0 saturated carbocycles. The van der Waals surface area contributed by atoms with Crippen molar-refractivity contribution in [2.24, 2.45) is 0 Å². The molecular formula is C45H42BrClP2. The second-order valence-electron chi connectivity index (χ2n) is 11.6. The smallest absolute Gasteiger partial charge is 0.116 e. The van der Waals surface area contributed by atoms with Crippen molar-refractivity contribution in [1.29, 1.82) is 0 Å². The van der Waals surface area contributed by atoms with Crippen molar-refractivity contribution in [3.63, 3.8) is 0 Å². The molecule has 0 N–H and O–H groups in total. The molecule has 0 aliphatic carbocycles. The summed E-state index contributed by atoms with van der Waals surface area (Å²) in [7, 11) is -3.31. The average molecular weight is 760 g/mol. The Bertz CT molecular complexity index is 1710. The molecule has 4 heteroatoms. The molecule has 0 nitrogen and oxygen atoms in total. The van der Waals surface area contributed by atoms with Gasteiger partial charge in [-0.25, -0.2) is 0 Å². The lowest BCUT2D eigenvalue weighted by atomic mass is 10.2. The van der Waals surface area contributed by atoms with E-state index in [9.17, 15) is 0 Å². The van der Waals surface area contributed by atoms with Crippen LogP contribution in [0.25, 0.3) is 0 Å². The van der Waals surface area contributed by atoms with Crippen LogP contribution in [0, 0.1) is 0 Å². The standard InChI is InChI=1S/C25H22P.C20H20P.BrH.ClH/c1-5-13-22(14-6-1)21-26(23-15-7-2-8-16-23,24-17-9-3-10-18-24)25-19-11-4-12-20-25;1-2-21(18-12-6-3-7-13-18,19-14-8-4-9-15-19)20-16-10-5-11-17-20;;/h1-20H,21H2;3-17H,2H2,1H3;2*1H/q2*+1;;/p-2. The third-order valence-corrected chi connectivity index (χ3v) is 17.8. The van der Waals surface area contributed by atoms with Crippen LogP contribution in [0.5, 0.6) is 0 Å². The lowest BCUT2D eigenvalue weighted by Gasteiger charge is -2.27. The van der Waals surface area contributed by atoms with Gasteiger partial charge in [-0.3, -0.25) is 0 Å². The predicted octanol–water partition coefficient (Wildman–Crippen LogP) is 3.19. The van der Waals surface area contributed by atoms with Gasteiger partial charge in [0.05, 0.1) is 12.3 Å². The van der Waals surface area contributed by atoms with Gasteiger partial charge >= 0.3 is 0 Å². The molecule has 0 radical (unpaired) electrons. The molecule has 7 rings (SSSR count). The lowest BCUT2D eigenvalue weighted by molar-refractivity contribution is -0.00100. The molecule has 0 unspecified atom stereocenters. The van der Waals surface area contributed by atoms with E-state index < -0.39 is 14.5 Å². The van der Waals surface area contributed by atoms with Gasteiger partial charge in [0.25, 0.3) is 0 Å². The Morgan fingerprint density at radius 2 is 0.510 bits per heavy atom. The summed E-state index contributed by atoms with van der Waals surface area (Å²) in [6.45, 7) is 2.32. The molecule has 0 heterocycles. The Morgan fingerprint density at radius 1 is 0.306 bits per heavy atom. The summed E-state index contributed by atoms with van der Waals surface area (Å²) < 4.78 is 0. The van der Waals surface area contributed by atoms with Crippen LogP contribution in [0.1, 0.15) is 12.5 Å². The molecular weight excluding hydrogens is 718 g/mol. The molecule has 0 aromatic heterocycles. The zero-order chi connectivity index (χ0) is 32.2. The van der Waals surface area contributed by atoms with Gasteiger partial charge in [0.2, 0.25) is 0 Å². The minimum absolute atomic E-state index is 0. The van der Waals surface area contributed by atoms with Gasteiger partial charge in [-0.1, -0.05) is 140 Å². The quantitative estimate of drug-likeness (QED) is 0.199. The van der Waals surface area contributed by atoms with Crippen LogP contribution in [-0.4, -0.2) is 6.16 Å². The SMILES string of the molecule is CC[P+](c1ccccc1)(c1ccccc1)c1ccccc1.[Br-].[Cl-].c1ccc(C[P+](c2ccccc2)(c2ccccc2)c2ccccc2)cc1. The highest BCUT2D eigenvalue weighted by Crippen LogP contribution is 2.58. The molecule has 0 saturated heterocycles. The van der Waals surface area contributed by atoms with Gasteiger partial charge in [0, 0.05) is 0 Å². The number of halogens is 2. The first-order valence-electron chi connectivity index (χ1n) is 16.4.